The second-order valence-corrected chi connectivity index (χ2v) is 5.86. The van der Waals surface area contributed by atoms with E-state index in [1.54, 1.807) is 0 Å². The van der Waals surface area contributed by atoms with E-state index >= 15 is 0 Å². The molecular weight excluding hydrogens is 306 g/mol. The fourth-order valence-electron chi connectivity index (χ4n) is 2.91. The average Bonchev–Trinajstić information content (AvgIpc) is 2.64. The average molecular weight is 327 g/mol. The first-order chi connectivity index (χ1) is 11.7. The maximum absolute atomic E-state index is 12.4. The Morgan fingerprint density at radius 2 is 1.88 bits per heavy atom. The van der Waals surface area contributed by atoms with Crippen LogP contribution in [-0.4, -0.2) is 40.8 Å². The van der Waals surface area contributed by atoms with Crippen molar-refractivity contribution in [2.75, 3.05) is 20.2 Å². The molecule has 1 aromatic heterocycles. The zero-order valence-electron chi connectivity index (χ0n) is 13.8. The summed E-state index contributed by atoms with van der Waals surface area (Å²) in [5.41, 5.74) is 1.06. The number of nitrogens with zero attached hydrogens (tertiary/aromatic N) is 3. The molecule has 0 bridgehead atoms. The van der Waals surface area contributed by atoms with Gasteiger partial charge < -0.3 is 9.64 Å². The van der Waals surface area contributed by atoms with E-state index in [1.807, 2.05) is 35.2 Å². The first-order valence-electron chi connectivity index (χ1n) is 8.18. The Bertz CT molecular complexity index is 765. The third-order valence-corrected chi connectivity index (χ3v) is 4.22. The normalized spacial score (nSPS) is 14.5. The molecule has 3 rings (SSSR count). The van der Waals surface area contributed by atoms with Crippen molar-refractivity contribution in [1.82, 2.24) is 14.7 Å². The van der Waals surface area contributed by atoms with Crippen LogP contribution in [-0.2, 0) is 11.3 Å². The van der Waals surface area contributed by atoms with Gasteiger partial charge in [0.1, 0.15) is 12.2 Å². The number of ether oxygens (including phenoxy) is 1. The third kappa shape index (κ3) is 3.48. The third-order valence-electron chi connectivity index (χ3n) is 4.22. The van der Waals surface area contributed by atoms with Gasteiger partial charge in [0.2, 0.25) is 5.91 Å². The summed E-state index contributed by atoms with van der Waals surface area (Å²) in [6.07, 6.45) is 3.20. The molecule has 1 saturated heterocycles. The zero-order chi connectivity index (χ0) is 16.9. The predicted octanol–water partition coefficient (Wildman–Crippen LogP) is 1.93. The number of carbonyl (C=O) groups is 1. The summed E-state index contributed by atoms with van der Waals surface area (Å²) >= 11 is 0. The lowest BCUT2D eigenvalue weighted by molar-refractivity contribution is -0.133. The van der Waals surface area contributed by atoms with Crippen molar-refractivity contribution in [3.63, 3.8) is 0 Å². The van der Waals surface area contributed by atoms with Crippen molar-refractivity contribution in [2.24, 2.45) is 0 Å². The Kier molecular flexibility index (Phi) is 4.93. The molecule has 2 aromatic rings. The number of likely N-dealkylation sites (tertiary alicyclic amines) is 1. The van der Waals surface area contributed by atoms with Gasteiger partial charge >= 0.3 is 0 Å². The molecule has 2 heterocycles. The second kappa shape index (κ2) is 7.29. The van der Waals surface area contributed by atoms with Gasteiger partial charge in [0.25, 0.3) is 5.56 Å². The monoisotopic (exact) mass is 327 g/mol. The fourth-order valence-corrected chi connectivity index (χ4v) is 2.91. The Balaban J connectivity index is 1.90. The molecule has 0 unspecified atom stereocenters. The van der Waals surface area contributed by atoms with Gasteiger partial charge in [-0.25, -0.2) is 4.68 Å². The largest absolute Gasteiger partial charge is 0.494 e. The zero-order valence-corrected chi connectivity index (χ0v) is 13.8. The van der Waals surface area contributed by atoms with Crippen LogP contribution in [0.3, 0.4) is 0 Å². The van der Waals surface area contributed by atoms with Crippen LogP contribution in [0.2, 0.25) is 0 Å². The van der Waals surface area contributed by atoms with Crippen LogP contribution in [0.15, 0.2) is 41.2 Å². The number of hydrogen-bond donors (Lipinski definition) is 0. The van der Waals surface area contributed by atoms with Gasteiger partial charge in [-0.15, -0.1) is 0 Å². The Hall–Kier alpha value is -2.63. The minimum atomic E-state index is -0.336. The van der Waals surface area contributed by atoms with E-state index < -0.39 is 0 Å². The van der Waals surface area contributed by atoms with Crippen molar-refractivity contribution < 1.29 is 9.53 Å². The van der Waals surface area contributed by atoms with E-state index in [0.717, 1.165) is 37.9 Å². The Morgan fingerprint density at radius 3 is 2.54 bits per heavy atom. The van der Waals surface area contributed by atoms with E-state index in [9.17, 15) is 9.59 Å². The van der Waals surface area contributed by atoms with Crippen molar-refractivity contribution in [3.8, 4) is 17.0 Å². The molecule has 0 saturated carbocycles. The molecule has 126 valence electrons. The molecule has 0 aliphatic carbocycles. The highest BCUT2D eigenvalue weighted by atomic mass is 16.5. The number of hydrogen-bond acceptors (Lipinski definition) is 4. The fraction of sp³-hybridized carbons (Fsp3) is 0.389. The van der Waals surface area contributed by atoms with Gasteiger partial charge in [-0.3, -0.25) is 9.59 Å². The highest BCUT2D eigenvalue weighted by molar-refractivity contribution is 5.76. The summed E-state index contributed by atoms with van der Waals surface area (Å²) in [5.74, 6) is 0.348. The number of piperidine rings is 1. The van der Waals surface area contributed by atoms with Crippen molar-refractivity contribution in [3.05, 3.63) is 46.8 Å². The van der Waals surface area contributed by atoms with Gasteiger partial charge in [-0.2, -0.15) is 5.10 Å². The van der Waals surface area contributed by atoms with Gasteiger partial charge in [-0.05, 0) is 19.3 Å². The number of carbonyl (C=O) groups excluding carboxylic acids is 1. The van der Waals surface area contributed by atoms with Gasteiger partial charge in [0.15, 0.2) is 5.75 Å². The molecule has 1 aliphatic heterocycles. The maximum atomic E-state index is 12.4. The lowest BCUT2D eigenvalue weighted by Gasteiger charge is -2.26. The molecule has 0 atom stereocenters. The molecule has 0 N–H and O–H groups in total. The number of rotatable bonds is 4. The number of amides is 1. The minimum absolute atomic E-state index is 0.0390. The highest BCUT2D eigenvalue weighted by Gasteiger charge is 2.19. The number of aromatic nitrogens is 2. The minimum Gasteiger partial charge on any atom is -0.494 e. The van der Waals surface area contributed by atoms with Crippen LogP contribution in [0.1, 0.15) is 19.3 Å². The van der Waals surface area contributed by atoms with E-state index in [1.165, 1.54) is 17.9 Å². The standard InChI is InChI=1S/C18H21N3O3/c1-24-15-12-16(22)21(13-17(23)20-10-6-3-7-11-20)19-18(15)14-8-4-2-5-9-14/h2,4-5,8-9,12H,3,6-7,10-11,13H2,1H3. The van der Waals surface area contributed by atoms with E-state index in [2.05, 4.69) is 5.10 Å². The first kappa shape index (κ1) is 16.2. The summed E-state index contributed by atoms with van der Waals surface area (Å²) in [5, 5.41) is 4.38. The van der Waals surface area contributed by atoms with Crippen LogP contribution >= 0.6 is 0 Å². The molecule has 1 fully saturated rings. The Morgan fingerprint density at radius 1 is 1.17 bits per heavy atom. The van der Waals surface area contributed by atoms with Crippen LogP contribution in [0.5, 0.6) is 5.75 Å². The van der Waals surface area contributed by atoms with Gasteiger partial charge in [0.05, 0.1) is 7.11 Å². The van der Waals surface area contributed by atoms with Crippen LogP contribution in [0.25, 0.3) is 11.3 Å². The summed E-state index contributed by atoms with van der Waals surface area (Å²) in [4.78, 5) is 26.5. The van der Waals surface area contributed by atoms with Crippen LogP contribution in [0.4, 0.5) is 0 Å². The smallest absolute Gasteiger partial charge is 0.270 e. The van der Waals surface area contributed by atoms with E-state index in [0.29, 0.717) is 11.4 Å². The van der Waals surface area contributed by atoms with Crippen molar-refractivity contribution >= 4 is 5.91 Å². The van der Waals surface area contributed by atoms with E-state index in [4.69, 9.17) is 4.74 Å². The van der Waals surface area contributed by atoms with Gasteiger partial charge in [-0.1, -0.05) is 30.3 Å². The number of benzene rings is 1. The lowest BCUT2D eigenvalue weighted by Crippen LogP contribution is -2.40. The molecule has 24 heavy (non-hydrogen) atoms. The first-order valence-corrected chi connectivity index (χ1v) is 8.18. The highest BCUT2D eigenvalue weighted by Crippen LogP contribution is 2.25. The van der Waals surface area contributed by atoms with E-state index in [-0.39, 0.29) is 18.0 Å². The predicted molar refractivity (Wildman–Crippen MR) is 90.9 cm³/mol. The molecule has 0 spiro atoms. The van der Waals surface area contributed by atoms with Crippen molar-refractivity contribution in [2.45, 2.75) is 25.8 Å². The topological polar surface area (TPSA) is 64.4 Å². The number of methoxy groups -OCH3 is 1. The SMILES string of the molecule is COc1cc(=O)n(CC(=O)N2CCCCC2)nc1-c1ccccc1. The summed E-state index contributed by atoms with van der Waals surface area (Å²) < 4.78 is 6.51. The summed E-state index contributed by atoms with van der Waals surface area (Å²) in [6, 6.07) is 10.9. The van der Waals surface area contributed by atoms with Crippen molar-refractivity contribution in [1.29, 1.82) is 0 Å². The summed E-state index contributed by atoms with van der Waals surface area (Å²) in [6.45, 7) is 1.48. The van der Waals surface area contributed by atoms with Gasteiger partial charge in [0, 0.05) is 24.7 Å². The Labute approximate surface area is 140 Å². The lowest BCUT2D eigenvalue weighted by atomic mass is 10.1. The molecule has 1 amide bonds. The molecule has 6 heteroatoms. The molecule has 0 radical (unpaired) electrons. The molecule has 6 nitrogen and oxygen atoms in total. The molecule has 1 aliphatic rings. The quantitative estimate of drug-likeness (QED) is 0.861. The van der Waals surface area contributed by atoms with Crippen LogP contribution in [0, 0.1) is 0 Å². The molecule has 1 aromatic carbocycles. The second-order valence-electron chi connectivity index (χ2n) is 5.86. The maximum Gasteiger partial charge on any atom is 0.270 e. The van der Waals surface area contributed by atoms with Crippen LogP contribution < -0.4 is 10.3 Å². The summed E-state index contributed by atoms with van der Waals surface area (Å²) in [7, 11) is 1.51. The molecular formula is C18H21N3O3.